The molecule has 0 unspecified atom stereocenters. The fourth-order valence-corrected chi connectivity index (χ4v) is 6.74. The molecule has 7 heteroatoms. The Balaban J connectivity index is 1.25. The summed E-state index contributed by atoms with van der Waals surface area (Å²) >= 11 is 0. The van der Waals surface area contributed by atoms with E-state index in [2.05, 4.69) is 15.7 Å². The molecule has 2 N–H and O–H groups in total. The van der Waals surface area contributed by atoms with E-state index in [0.717, 1.165) is 28.1 Å². The summed E-state index contributed by atoms with van der Waals surface area (Å²) in [5.74, 6) is 1.64. The number of halogens is 1. The summed E-state index contributed by atoms with van der Waals surface area (Å²) in [7, 11) is 0. The van der Waals surface area contributed by atoms with E-state index in [0.29, 0.717) is 11.4 Å². The Hall–Kier alpha value is -3.48. The van der Waals surface area contributed by atoms with E-state index in [4.69, 9.17) is 0 Å². The second-order valence-electron chi connectivity index (χ2n) is 10.3. The summed E-state index contributed by atoms with van der Waals surface area (Å²) in [5.41, 5.74) is 1.84. The highest BCUT2D eigenvalue weighted by Gasteiger charge is 2.51. The predicted molar refractivity (Wildman–Crippen MR) is 129 cm³/mol. The van der Waals surface area contributed by atoms with Gasteiger partial charge in [-0.2, -0.15) is 9.78 Å². The number of rotatable bonds is 5. The average molecular weight is 459 g/mol. The van der Waals surface area contributed by atoms with Crippen molar-refractivity contribution in [3.05, 3.63) is 82.5 Å². The number of para-hydroxylation sites is 2. The van der Waals surface area contributed by atoms with Crippen LogP contribution in [0.3, 0.4) is 0 Å². The molecule has 4 saturated carbocycles. The number of carbonyl (C=O) groups excluding carboxylic acids is 1. The highest BCUT2D eigenvalue weighted by molar-refractivity contribution is 6.04. The fraction of sp³-hybridized carbons (Fsp3) is 0.370. The minimum absolute atomic E-state index is 0.105. The first-order valence-corrected chi connectivity index (χ1v) is 12.0. The first-order valence-electron chi connectivity index (χ1n) is 12.0. The van der Waals surface area contributed by atoms with Crippen LogP contribution in [0, 0.1) is 23.6 Å². The van der Waals surface area contributed by atoms with Crippen molar-refractivity contribution in [2.24, 2.45) is 17.8 Å². The van der Waals surface area contributed by atoms with E-state index >= 15 is 0 Å². The molecule has 6 nitrogen and oxygen atoms in total. The maximum Gasteiger partial charge on any atom is 0.276 e. The summed E-state index contributed by atoms with van der Waals surface area (Å²) in [5, 5.41) is 11.0. The van der Waals surface area contributed by atoms with Crippen LogP contribution in [-0.4, -0.2) is 21.2 Å². The van der Waals surface area contributed by atoms with Crippen LogP contribution in [0.5, 0.6) is 0 Å². The molecule has 0 radical (unpaired) electrons. The molecular weight excluding hydrogens is 431 g/mol. The van der Waals surface area contributed by atoms with Gasteiger partial charge in [-0.25, -0.2) is 4.39 Å². The zero-order valence-corrected chi connectivity index (χ0v) is 18.8. The standard InChI is InChI=1S/C27H27FN4O2/c28-20-5-7-21(8-6-20)32-25(33)10-9-24(31-32)26(34)29-22-3-1-2-4-23(22)30-27-14-17-11-18(15-27)13-19(12-17)16-27/h1-10,17-19,30H,11-16H2,(H,29,34). The van der Waals surface area contributed by atoms with Gasteiger partial charge in [0.25, 0.3) is 11.5 Å². The van der Waals surface area contributed by atoms with E-state index in [-0.39, 0.29) is 11.2 Å². The summed E-state index contributed by atoms with van der Waals surface area (Å²) in [4.78, 5) is 25.4. The first kappa shape index (κ1) is 21.1. The van der Waals surface area contributed by atoms with Crippen molar-refractivity contribution in [3.63, 3.8) is 0 Å². The van der Waals surface area contributed by atoms with Crippen LogP contribution in [0.1, 0.15) is 49.0 Å². The number of nitrogens with zero attached hydrogens (tertiary/aromatic N) is 2. The van der Waals surface area contributed by atoms with Gasteiger partial charge in [-0.05, 0) is 98.7 Å². The van der Waals surface area contributed by atoms with Crippen molar-refractivity contribution in [1.29, 1.82) is 0 Å². The van der Waals surface area contributed by atoms with E-state index < -0.39 is 17.3 Å². The number of hydrogen-bond donors (Lipinski definition) is 2. The maximum absolute atomic E-state index is 13.3. The quantitative estimate of drug-likeness (QED) is 0.564. The van der Waals surface area contributed by atoms with Gasteiger partial charge < -0.3 is 10.6 Å². The van der Waals surface area contributed by atoms with Gasteiger partial charge in [0.05, 0.1) is 17.1 Å². The monoisotopic (exact) mass is 458 g/mol. The van der Waals surface area contributed by atoms with Crippen LogP contribution in [-0.2, 0) is 0 Å². The van der Waals surface area contributed by atoms with Gasteiger partial charge in [-0.3, -0.25) is 9.59 Å². The van der Waals surface area contributed by atoms with E-state index in [1.54, 1.807) is 0 Å². The Morgan fingerprint density at radius 2 is 1.50 bits per heavy atom. The Labute approximate surface area is 197 Å². The third-order valence-electron chi connectivity index (χ3n) is 7.72. The molecule has 0 spiro atoms. The Bertz CT molecular complexity index is 1270. The number of aromatic nitrogens is 2. The van der Waals surface area contributed by atoms with Gasteiger partial charge in [0.1, 0.15) is 11.5 Å². The van der Waals surface area contributed by atoms with Crippen molar-refractivity contribution in [2.75, 3.05) is 10.6 Å². The number of hydrogen-bond acceptors (Lipinski definition) is 4. The van der Waals surface area contributed by atoms with Crippen LogP contribution in [0.4, 0.5) is 15.8 Å². The molecule has 4 bridgehead atoms. The van der Waals surface area contributed by atoms with Crippen molar-refractivity contribution in [3.8, 4) is 5.69 Å². The molecule has 1 amide bonds. The molecule has 2 aromatic carbocycles. The molecule has 0 atom stereocenters. The van der Waals surface area contributed by atoms with Gasteiger partial charge >= 0.3 is 0 Å². The summed E-state index contributed by atoms with van der Waals surface area (Å²) in [6, 6.07) is 15.9. The summed E-state index contributed by atoms with van der Waals surface area (Å²) < 4.78 is 14.4. The van der Waals surface area contributed by atoms with E-state index in [9.17, 15) is 14.0 Å². The van der Waals surface area contributed by atoms with Gasteiger partial charge in [0.2, 0.25) is 0 Å². The maximum atomic E-state index is 13.3. The second kappa shape index (κ2) is 8.08. The molecule has 174 valence electrons. The van der Waals surface area contributed by atoms with Crippen LogP contribution in [0.25, 0.3) is 5.69 Å². The molecular formula is C27H27FN4O2. The molecule has 4 aliphatic rings. The Kier molecular flexibility index (Phi) is 5.01. The van der Waals surface area contributed by atoms with Crippen molar-refractivity contribution < 1.29 is 9.18 Å². The highest BCUT2D eigenvalue weighted by Crippen LogP contribution is 2.56. The minimum atomic E-state index is -0.408. The smallest absolute Gasteiger partial charge is 0.276 e. The number of amides is 1. The molecule has 4 fully saturated rings. The second-order valence-corrected chi connectivity index (χ2v) is 10.3. The lowest BCUT2D eigenvalue weighted by Gasteiger charge is -2.57. The number of nitrogens with one attached hydrogen (secondary N) is 2. The van der Waals surface area contributed by atoms with Crippen LogP contribution in [0.2, 0.25) is 0 Å². The fourth-order valence-electron chi connectivity index (χ4n) is 6.74. The summed E-state index contributed by atoms with van der Waals surface area (Å²) in [6.45, 7) is 0. The molecule has 0 saturated heterocycles. The molecule has 1 heterocycles. The number of benzene rings is 2. The largest absolute Gasteiger partial charge is 0.378 e. The normalized spacial score (nSPS) is 26.9. The topological polar surface area (TPSA) is 76.0 Å². The lowest BCUT2D eigenvalue weighted by molar-refractivity contribution is 0.0107. The molecule has 7 rings (SSSR count). The van der Waals surface area contributed by atoms with Crippen LogP contribution in [0.15, 0.2) is 65.5 Å². The molecule has 3 aromatic rings. The number of anilines is 2. The lowest BCUT2D eigenvalue weighted by Crippen LogP contribution is -2.54. The third-order valence-corrected chi connectivity index (χ3v) is 7.72. The van der Waals surface area contributed by atoms with Crippen molar-refractivity contribution >= 4 is 17.3 Å². The first-order chi connectivity index (χ1) is 16.5. The van der Waals surface area contributed by atoms with Gasteiger partial charge in [0.15, 0.2) is 0 Å². The van der Waals surface area contributed by atoms with Gasteiger partial charge in [0, 0.05) is 11.6 Å². The van der Waals surface area contributed by atoms with E-state index in [1.165, 1.54) is 74.9 Å². The van der Waals surface area contributed by atoms with Crippen molar-refractivity contribution in [2.45, 2.75) is 44.1 Å². The Morgan fingerprint density at radius 3 is 2.15 bits per heavy atom. The zero-order valence-electron chi connectivity index (χ0n) is 18.8. The predicted octanol–water partition coefficient (Wildman–Crippen LogP) is 5.00. The van der Waals surface area contributed by atoms with Gasteiger partial charge in [-0.1, -0.05) is 12.1 Å². The highest BCUT2D eigenvalue weighted by atomic mass is 19.1. The molecule has 1 aromatic heterocycles. The summed E-state index contributed by atoms with van der Waals surface area (Å²) in [6.07, 6.45) is 7.71. The third kappa shape index (κ3) is 3.89. The Morgan fingerprint density at radius 1 is 0.882 bits per heavy atom. The lowest BCUT2D eigenvalue weighted by atomic mass is 9.53. The SMILES string of the molecule is O=C(Nc1ccccc1NC12CC3CC(CC(C3)C1)C2)c1ccc(=O)n(-c2ccc(F)cc2)n1. The number of carbonyl (C=O) groups is 1. The van der Waals surface area contributed by atoms with E-state index in [1.807, 2.05) is 24.3 Å². The van der Waals surface area contributed by atoms with Crippen LogP contribution < -0.4 is 16.2 Å². The average Bonchev–Trinajstić information content (AvgIpc) is 2.80. The van der Waals surface area contributed by atoms with Crippen molar-refractivity contribution in [1.82, 2.24) is 9.78 Å². The molecule has 34 heavy (non-hydrogen) atoms. The molecule has 0 aliphatic heterocycles. The van der Waals surface area contributed by atoms with Gasteiger partial charge in [-0.15, -0.1) is 0 Å². The molecule has 4 aliphatic carbocycles. The zero-order chi connectivity index (χ0) is 23.3. The van der Waals surface area contributed by atoms with Crippen LogP contribution >= 0.6 is 0 Å². The minimum Gasteiger partial charge on any atom is -0.378 e.